The van der Waals surface area contributed by atoms with Crippen LogP contribution in [0, 0.1) is 0 Å². The van der Waals surface area contributed by atoms with Crippen molar-refractivity contribution in [1.29, 1.82) is 0 Å². The van der Waals surface area contributed by atoms with Crippen molar-refractivity contribution in [3.63, 3.8) is 0 Å². The first-order valence-corrected chi connectivity index (χ1v) is 11.7. The van der Waals surface area contributed by atoms with Gasteiger partial charge in [-0.2, -0.15) is 4.98 Å². The molecular formula is C26H30N4O4. The molecule has 5 rings (SSSR count). The van der Waals surface area contributed by atoms with E-state index in [0.29, 0.717) is 36.4 Å². The van der Waals surface area contributed by atoms with Crippen molar-refractivity contribution in [1.82, 2.24) is 20.0 Å². The van der Waals surface area contributed by atoms with Crippen LogP contribution in [0.5, 0.6) is 11.5 Å². The number of benzene rings is 2. The van der Waals surface area contributed by atoms with E-state index in [-0.39, 0.29) is 12.1 Å². The van der Waals surface area contributed by atoms with E-state index < -0.39 is 0 Å². The van der Waals surface area contributed by atoms with Gasteiger partial charge < -0.3 is 24.1 Å². The van der Waals surface area contributed by atoms with Gasteiger partial charge in [-0.3, -0.25) is 4.90 Å². The number of fused-ring (bicyclic) bond motifs is 1. The summed E-state index contributed by atoms with van der Waals surface area (Å²) in [5.74, 6) is 2.29. The van der Waals surface area contributed by atoms with Crippen LogP contribution in [0.25, 0.3) is 33.7 Å². The molecule has 1 aliphatic rings. The maximum Gasteiger partial charge on any atom is 0.258 e. The number of aliphatic hydroxyl groups excluding tert-OH is 1. The molecule has 2 aromatic carbocycles. The van der Waals surface area contributed by atoms with Crippen LogP contribution in [0.4, 0.5) is 0 Å². The number of hydrogen-bond donors (Lipinski definition) is 2. The van der Waals surface area contributed by atoms with Gasteiger partial charge in [0.2, 0.25) is 5.82 Å². The summed E-state index contributed by atoms with van der Waals surface area (Å²) in [5, 5.41) is 15.2. The van der Waals surface area contributed by atoms with Gasteiger partial charge in [0.15, 0.2) is 11.5 Å². The Morgan fingerprint density at radius 3 is 2.71 bits per heavy atom. The summed E-state index contributed by atoms with van der Waals surface area (Å²) in [6.45, 7) is 8.94. The summed E-state index contributed by atoms with van der Waals surface area (Å²) in [6, 6.07) is 11.7. The standard InChI is InChI=1S/C26H30N4O4/c1-4-32-21-10-9-17(13-22(21)33-5-2)25-28-24(29-34-25)19-7-6-8-20-23(19)18(14-27-20)15-30-12-11-26(30,3)16-31/h6-10,13-14,27,31H,4-5,11-12,15-16H2,1-3H3. The van der Waals surface area contributed by atoms with Crippen LogP contribution in [0.2, 0.25) is 0 Å². The summed E-state index contributed by atoms with van der Waals surface area (Å²) in [5.41, 5.74) is 3.68. The lowest BCUT2D eigenvalue weighted by Gasteiger charge is -2.49. The van der Waals surface area contributed by atoms with Crippen LogP contribution in [0.1, 0.15) is 32.8 Å². The molecule has 2 aromatic heterocycles. The molecule has 0 bridgehead atoms. The molecule has 0 amide bonds. The molecule has 8 heteroatoms. The zero-order valence-corrected chi connectivity index (χ0v) is 19.8. The highest BCUT2D eigenvalue weighted by atomic mass is 16.5. The second kappa shape index (κ2) is 9.12. The van der Waals surface area contributed by atoms with Crippen molar-refractivity contribution >= 4 is 10.9 Å². The Labute approximate surface area is 198 Å². The zero-order chi connectivity index (χ0) is 23.7. The lowest BCUT2D eigenvalue weighted by Crippen LogP contribution is -2.59. The third kappa shape index (κ3) is 3.93. The highest BCUT2D eigenvalue weighted by molar-refractivity contribution is 5.96. The number of nitrogens with zero attached hydrogens (tertiary/aromatic N) is 3. The van der Waals surface area contributed by atoms with Gasteiger partial charge in [-0.15, -0.1) is 0 Å². The topological polar surface area (TPSA) is 96.6 Å². The molecule has 1 aliphatic heterocycles. The Morgan fingerprint density at radius 2 is 1.97 bits per heavy atom. The minimum atomic E-state index is -0.163. The molecule has 34 heavy (non-hydrogen) atoms. The van der Waals surface area contributed by atoms with Crippen molar-refractivity contribution in [2.75, 3.05) is 26.4 Å². The summed E-state index contributed by atoms with van der Waals surface area (Å²) in [6.07, 6.45) is 3.03. The predicted molar refractivity (Wildman–Crippen MR) is 130 cm³/mol. The van der Waals surface area contributed by atoms with Gasteiger partial charge in [-0.25, -0.2) is 0 Å². The fourth-order valence-corrected chi connectivity index (χ4v) is 4.51. The minimum Gasteiger partial charge on any atom is -0.490 e. The monoisotopic (exact) mass is 462 g/mol. The number of aromatic nitrogens is 3. The Bertz CT molecular complexity index is 1290. The van der Waals surface area contributed by atoms with Crippen LogP contribution >= 0.6 is 0 Å². The second-order valence-electron chi connectivity index (χ2n) is 8.82. The van der Waals surface area contributed by atoms with Crippen LogP contribution in [0.3, 0.4) is 0 Å². The largest absolute Gasteiger partial charge is 0.490 e. The van der Waals surface area contributed by atoms with E-state index in [1.165, 1.54) is 0 Å². The number of aromatic amines is 1. The fourth-order valence-electron chi connectivity index (χ4n) is 4.51. The molecule has 0 aliphatic carbocycles. The predicted octanol–water partition coefficient (Wildman–Crippen LogP) is 4.64. The number of nitrogens with one attached hydrogen (secondary N) is 1. The van der Waals surface area contributed by atoms with E-state index in [1.807, 2.05) is 56.4 Å². The van der Waals surface area contributed by atoms with Gasteiger partial charge in [-0.05, 0) is 57.0 Å². The lowest BCUT2D eigenvalue weighted by molar-refractivity contribution is -0.0459. The second-order valence-corrected chi connectivity index (χ2v) is 8.82. The van der Waals surface area contributed by atoms with Gasteiger partial charge in [-0.1, -0.05) is 17.3 Å². The molecule has 1 saturated heterocycles. The quantitative estimate of drug-likeness (QED) is 0.374. The number of likely N-dealkylation sites (tertiary alicyclic amines) is 1. The number of aliphatic hydroxyl groups is 1. The summed E-state index contributed by atoms with van der Waals surface area (Å²) in [7, 11) is 0. The van der Waals surface area contributed by atoms with Crippen molar-refractivity contribution in [2.45, 2.75) is 39.3 Å². The number of H-pyrrole nitrogens is 1. The van der Waals surface area contributed by atoms with E-state index in [2.05, 4.69) is 22.0 Å². The number of ether oxygens (including phenoxy) is 2. The van der Waals surface area contributed by atoms with Gasteiger partial charge in [0.1, 0.15) is 0 Å². The average molecular weight is 463 g/mol. The molecular weight excluding hydrogens is 432 g/mol. The first-order valence-electron chi connectivity index (χ1n) is 11.7. The van der Waals surface area contributed by atoms with E-state index in [1.54, 1.807) is 0 Å². The first-order chi connectivity index (χ1) is 16.6. The molecule has 1 unspecified atom stereocenters. The molecule has 0 saturated carbocycles. The fraction of sp³-hybridized carbons (Fsp3) is 0.385. The van der Waals surface area contributed by atoms with E-state index in [4.69, 9.17) is 19.0 Å². The van der Waals surface area contributed by atoms with Crippen molar-refractivity contribution in [3.8, 4) is 34.3 Å². The Kier molecular flexibility index (Phi) is 6.02. The molecule has 1 atom stereocenters. The highest BCUT2D eigenvalue weighted by Gasteiger charge is 2.39. The lowest BCUT2D eigenvalue weighted by atomic mass is 9.87. The van der Waals surface area contributed by atoms with E-state index in [0.717, 1.165) is 47.1 Å². The number of rotatable bonds is 9. The first kappa shape index (κ1) is 22.4. The third-order valence-corrected chi connectivity index (χ3v) is 6.63. The molecule has 1 fully saturated rings. The maximum absolute atomic E-state index is 9.80. The van der Waals surface area contributed by atoms with Gasteiger partial charge in [0, 0.05) is 46.9 Å². The third-order valence-electron chi connectivity index (χ3n) is 6.63. The summed E-state index contributed by atoms with van der Waals surface area (Å²) < 4.78 is 17.1. The Morgan fingerprint density at radius 1 is 1.15 bits per heavy atom. The van der Waals surface area contributed by atoms with Crippen LogP contribution in [-0.2, 0) is 6.54 Å². The Balaban J connectivity index is 1.49. The SMILES string of the molecule is CCOc1ccc(-c2nc(-c3cccc4[nH]cc(CN5CCC5(C)CO)c34)no2)cc1OCC. The zero-order valence-electron chi connectivity index (χ0n) is 19.8. The minimum absolute atomic E-state index is 0.155. The summed E-state index contributed by atoms with van der Waals surface area (Å²) in [4.78, 5) is 10.4. The van der Waals surface area contributed by atoms with Crippen LogP contribution < -0.4 is 9.47 Å². The van der Waals surface area contributed by atoms with E-state index >= 15 is 0 Å². The highest BCUT2D eigenvalue weighted by Crippen LogP contribution is 2.37. The van der Waals surface area contributed by atoms with Crippen molar-refractivity contribution < 1.29 is 19.1 Å². The Hall–Kier alpha value is -3.36. The van der Waals surface area contributed by atoms with E-state index in [9.17, 15) is 5.11 Å². The molecule has 3 heterocycles. The maximum atomic E-state index is 9.80. The molecule has 0 spiro atoms. The van der Waals surface area contributed by atoms with Crippen molar-refractivity contribution in [2.24, 2.45) is 0 Å². The molecule has 4 aromatic rings. The molecule has 0 radical (unpaired) electrons. The van der Waals surface area contributed by atoms with Gasteiger partial charge in [0.05, 0.1) is 19.8 Å². The molecule has 2 N–H and O–H groups in total. The number of hydrogen-bond acceptors (Lipinski definition) is 7. The average Bonchev–Trinajstić information content (AvgIpc) is 3.50. The van der Waals surface area contributed by atoms with Crippen LogP contribution in [0.15, 0.2) is 47.1 Å². The smallest absolute Gasteiger partial charge is 0.258 e. The summed E-state index contributed by atoms with van der Waals surface area (Å²) >= 11 is 0. The van der Waals surface area contributed by atoms with Crippen molar-refractivity contribution in [3.05, 3.63) is 48.2 Å². The molecule has 178 valence electrons. The normalized spacial score (nSPS) is 18.2. The van der Waals surface area contributed by atoms with Gasteiger partial charge in [0.25, 0.3) is 5.89 Å². The molecule has 8 nitrogen and oxygen atoms in total. The van der Waals surface area contributed by atoms with Gasteiger partial charge >= 0.3 is 0 Å². The van der Waals surface area contributed by atoms with Crippen LogP contribution in [-0.4, -0.2) is 57.0 Å².